The van der Waals surface area contributed by atoms with Crippen molar-refractivity contribution < 1.29 is 9.72 Å². The largest absolute Gasteiger partial charge is 0.360 e. The summed E-state index contributed by atoms with van der Waals surface area (Å²) in [6, 6.07) is 6.15. The first-order valence-corrected chi connectivity index (χ1v) is 7.92. The molecule has 2 rings (SSSR count). The summed E-state index contributed by atoms with van der Waals surface area (Å²) in [4.78, 5) is 28.6. The number of nitrogens with zero attached hydrogens (tertiary/aromatic N) is 3. The molecular formula is C15H18N4O3S. The normalized spacial score (nSPS) is 11.8. The van der Waals surface area contributed by atoms with Crippen molar-refractivity contribution in [1.82, 2.24) is 10.3 Å². The van der Waals surface area contributed by atoms with Gasteiger partial charge in [0.1, 0.15) is 5.69 Å². The van der Waals surface area contributed by atoms with Crippen LogP contribution in [0.2, 0.25) is 0 Å². The molecule has 23 heavy (non-hydrogen) atoms. The number of anilines is 1. The number of para-hydroxylation sites is 2. The SMILES string of the molecule is Cc1nc(C(C)NC(=O)CN(C)c2ccccc2[N+](=O)[O-])cs1. The Hall–Kier alpha value is -2.48. The lowest BCUT2D eigenvalue weighted by atomic mass is 10.2. The van der Waals surface area contributed by atoms with Gasteiger partial charge in [-0.15, -0.1) is 11.3 Å². The summed E-state index contributed by atoms with van der Waals surface area (Å²) in [5, 5.41) is 16.8. The monoisotopic (exact) mass is 334 g/mol. The molecule has 0 bridgehead atoms. The third kappa shape index (κ3) is 4.26. The first-order chi connectivity index (χ1) is 10.9. The van der Waals surface area contributed by atoms with E-state index in [1.54, 1.807) is 30.1 Å². The molecule has 0 aliphatic heterocycles. The Balaban J connectivity index is 2.01. The second-order valence-electron chi connectivity index (χ2n) is 5.18. The first-order valence-electron chi connectivity index (χ1n) is 7.04. The van der Waals surface area contributed by atoms with Gasteiger partial charge in [0.2, 0.25) is 5.91 Å². The van der Waals surface area contributed by atoms with Crippen LogP contribution in [0.15, 0.2) is 29.6 Å². The Labute approximate surface area is 138 Å². The van der Waals surface area contributed by atoms with Gasteiger partial charge in [0.05, 0.1) is 28.2 Å². The number of likely N-dealkylation sites (N-methyl/N-ethyl adjacent to an activating group) is 1. The van der Waals surface area contributed by atoms with Crippen molar-refractivity contribution in [3.05, 3.63) is 50.5 Å². The summed E-state index contributed by atoms with van der Waals surface area (Å²) in [6.07, 6.45) is 0. The average molecular weight is 334 g/mol. The van der Waals surface area contributed by atoms with E-state index in [0.717, 1.165) is 10.7 Å². The number of aromatic nitrogens is 1. The maximum Gasteiger partial charge on any atom is 0.292 e. The molecule has 7 nitrogen and oxygen atoms in total. The predicted octanol–water partition coefficient (Wildman–Crippen LogP) is 2.67. The maximum absolute atomic E-state index is 12.2. The van der Waals surface area contributed by atoms with E-state index in [1.165, 1.54) is 17.4 Å². The number of amides is 1. The van der Waals surface area contributed by atoms with Crippen LogP contribution in [0, 0.1) is 17.0 Å². The molecule has 1 atom stereocenters. The molecule has 0 saturated heterocycles. The zero-order valence-electron chi connectivity index (χ0n) is 13.1. The minimum atomic E-state index is -0.454. The highest BCUT2D eigenvalue weighted by Crippen LogP contribution is 2.26. The third-order valence-corrected chi connectivity index (χ3v) is 4.12. The number of benzene rings is 1. The van der Waals surface area contributed by atoms with Gasteiger partial charge in [-0.25, -0.2) is 4.98 Å². The summed E-state index contributed by atoms with van der Waals surface area (Å²) in [5.41, 5.74) is 1.20. The number of carbonyl (C=O) groups excluding carboxylic acids is 1. The number of aryl methyl sites for hydroxylation is 1. The van der Waals surface area contributed by atoms with Crippen LogP contribution in [0.5, 0.6) is 0 Å². The second-order valence-corrected chi connectivity index (χ2v) is 6.24. The lowest BCUT2D eigenvalue weighted by Crippen LogP contribution is -2.36. The molecule has 8 heteroatoms. The van der Waals surface area contributed by atoms with Crippen molar-refractivity contribution in [1.29, 1.82) is 0 Å². The van der Waals surface area contributed by atoms with Crippen LogP contribution in [0.4, 0.5) is 11.4 Å². The van der Waals surface area contributed by atoms with Crippen molar-refractivity contribution >= 4 is 28.6 Å². The molecular weight excluding hydrogens is 316 g/mol. The minimum absolute atomic E-state index is 0.0222. The fraction of sp³-hybridized carbons (Fsp3) is 0.333. The number of nitro groups is 1. The molecule has 0 spiro atoms. The molecule has 0 aliphatic carbocycles. The quantitative estimate of drug-likeness (QED) is 0.648. The molecule has 1 unspecified atom stereocenters. The third-order valence-electron chi connectivity index (χ3n) is 3.33. The average Bonchev–Trinajstić information content (AvgIpc) is 2.93. The Kier molecular flexibility index (Phi) is 5.28. The second kappa shape index (κ2) is 7.19. The molecule has 0 saturated carbocycles. The Morgan fingerprint density at radius 1 is 1.48 bits per heavy atom. The number of thiazole rings is 1. The first kappa shape index (κ1) is 16.9. The van der Waals surface area contributed by atoms with Gasteiger partial charge in [-0.2, -0.15) is 0 Å². The molecule has 1 aromatic carbocycles. The van der Waals surface area contributed by atoms with Crippen LogP contribution < -0.4 is 10.2 Å². The van der Waals surface area contributed by atoms with Crippen LogP contribution >= 0.6 is 11.3 Å². The van der Waals surface area contributed by atoms with E-state index < -0.39 is 4.92 Å². The zero-order chi connectivity index (χ0) is 17.0. The van der Waals surface area contributed by atoms with Gasteiger partial charge in [0.25, 0.3) is 5.69 Å². The van der Waals surface area contributed by atoms with Crippen LogP contribution in [0.3, 0.4) is 0 Å². The highest BCUT2D eigenvalue weighted by Gasteiger charge is 2.19. The number of nitro benzene ring substituents is 1. The number of rotatable bonds is 6. The van der Waals surface area contributed by atoms with Crippen molar-refractivity contribution in [3.8, 4) is 0 Å². The standard InChI is InChI=1S/C15H18N4O3S/c1-10(12-9-23-11(2)17-12)16-15(20)8-18(3)13-6-4-5-7-14(13)19(21)22/h4-7,9-10H,8H2,1-3H3,(H,16,20). The van der Waals surface area contributed by atoms with Gasteiger partial charge in [0, 0.05) is 18.5 Å². The molecule has 122 valence electrons. The number of hydrogen-bond donors (Lipinski definition) is 1. The lowest BCUT2D eigenvalue weighted by Gasteiger charge is -2.20. The minimum Gasteiger partial charge on any atom is -0.360 e. The van der Waals surface area contributed by atoms with Gasteiger partial charge < -0.3 is 10.2 Å². The summed E-state index contributed by atoms with van der Waals surface area (Å²) >= 11 is 1.53. The topological polar surface area (TPSA) is 88.4 Å². The van der Waals surface area contributed by atoms with Gasteiger partial charge in [-0.05, 0) is 19.9 Å². The molecule has 1 aromatic heterocycles. The van der Waals surface area contributed by atoms with Gasteiger partial charge in [-0.1, -0.05) is 12.1 Å². The summed E-state index contributed by atoms with van der Waals surface area (Å²) in [7, 11) is 1.65. The van der Waals surface area contributed by atoms with Crippen molar-refractivity contribution in [2.45, 2.75) is 19.9 Å². The number of hydrogen-bond acceptors (Lipinski definition) is 6. The van der Waals surface area contributed by atoms with Gasteiger partial charge in [0.15, 0.2) is 0 Å². The van der Waals surface area contributed by atoms with Crippen LogP contribution in [0.1, 0.15) is 23.7 Å². The lowest BCUT2D eigenvalue weighted by molar-refractivity contribution is -0.384. The highest BCUT2D eigenvalue weighted by molar-refractivity contribution is 7.09. The summed E-state index contributed by atoms with van der Waals surface area (Å²) < 4.78 is 0. The fourth-order valence-electron chi connectivity index (χ4n) is 2.18. The van der Waals surface area contributed by atoms with E-state index in [2.05, 4.69) is 10.3 Å². The smallest absolute Gasteiger partial charge is 0.292 e. The molecule has 1 N–H and O–H groups in total. The predicted molar refractivity (Wildman–Crippen MR) is 89.8 cm³/mol. The summed E-state index contributed by atoms with van der Waals surface area (Å²) in [6.45, 7) is 3.79. The van der Waals surface area contributed by atoms with E-state index in [1.807, 2.05) is 19.2 Å². The Morgan fingerprint density at radius 2 is 2.17 bits per heavy atom. The molecule has 1 amide bonds. The zero-order valence-corrected chi connectivity index (χ0v) is 14.0. The van der Waals surface area contributed by atoms with Crippen LogP contribution in [0.25, 0.3) is 0 Å². The van der Waals surface area contributed by atoms with E-state index in [9.17, 15) is 14.9 Å². The van der Waals surface area contributed by atoms with E-state index in [-0.39, 0.29) is 24.2 Å². The maximum atomic E-state index is 12.2. The van der Waals surface area contributed by atoms with Crippen LogP contribution in [-0.4, -0.2) is 29.4 Å². The van der Waals surface area contributed by atoms with Crippen molar-refractivity contribution in [2.75, 3.05) is 18.5 Å². The molecule has 0 fully saturated rings. The Bertz CT molecular complexity index is 716. The number of nitrogens with one attached hydrogen (secondary N) is 1. The molecule has 0 aliphatic rings. The van der Waals surface area contributed by atoms with E-state index in [0.29, 0.717) is 5.69 Å². The molecule has 2 aromatic rings. The Morgan fingerprint density at radius 3 is 2.78 bits per heavy atom. The summed E-state index contributed by atoms with van der Waals surface area (Å²) in [5.74, 6) is -0.219. The highest BCUT2D eigenvalue weighted by atomic mass is 32.1. The molecule has 1 heterocycles. The number of carbonyl (C=O) groups is 1. The van der Waals surface area contributed by atoms with E-state index >= 15 is 0 Å². The van der Waals surface area contributed by atoms with Gasteiger partial charge >= 0.3 is 0 Å². The van der Waals surface area contributed by atoms with E-state index in [4.69, 9.17) is 0 Å². The van der Waals surface area contributed by atoms with Crippen molar-refractivity contribution in [3.63, 3.8) is 0 Å². The molecule has 0 radical (unpaired) electrons. The van der Waals surface area contributed by atoms with Crippen LogP contribution in [-0.2, 0) is 4.79 Å². The van der Waals surface area contributed by atoms with Crippen molar-refractivity contribution in [2.24, 2.45) is 0 Å². The van der Waals surface area contributed by atoms with Gasteiger partial charge in [-0.3, -0.25) is 14.9 Å². The fourth-order valence-corrected chi connectivity index (χ4v) is 2.89.